The van der Waals surface area contributed by atoms with Gasteiger partial charge in [0.15, 0.2) is 0 Å². The topological polar surface area (TPSA) is 74.9 Å². The van der Waals surface area contributed by atoms with Crippen LogP contribution in [-0.4, -0.2) is 44.5 Å². The number of amides is 1. The fourth-order valence-electron chi connectivity index (χ4n) is 4.93. The van der Waals surface area contributed by atoms with E-state index in [1.54, 1.807) is 0 Å². The smallest absolute Gasteiger partial charge is 0.407 e. The van der Waals surface area contributed by atoms with Crippen LogP contribution in [-0.2, 0) is 16.1 Å². The second-order valence-electron chi connectivity index (χ2n) is 8.47. The number of carbonyl (C=O) groups excluding carboxylic acids is 1. The first-order valence-corrected chi connectivity index (χ1v) is 10.7. The maximum Gasteiger partial charge on any atom is 0.407 e. The molecule has 3 heterocycles. The van der Waals surface area contributed by atoms with Gasteiger partial charge in [-0.15, -0.1) is 0 Å². The zero-order valence-electron chi connectivity index (χ0n) is 16.3. The summed E-state index contributed by atoms with van der Waals surface area (Å²) in [6.07, 6.45) is 5.30. The Morgan fingerprint density at radius 2 is 2.00 bits per heavy atom. The molecular formula is C21H30N4O3. The number of alkyl carbamates (subject to hydrolysis) is 1. The second-order valence-corrected chi connectivity index (χ2v) is 8.47. The van der Waals surface area contributed by atoms with Gasteiger partial charge in [0.2, 0.25) is 0 Å². The third-order valence-electron chi connectivity index (χ3n) is 6.60. The van der Waals surface area contributed by atoms with Gasteiger partial charge in [0.25, 0.3) is 0 Å². The number of cyclic esters (lactones) is 1. The lowest BCUT2D eigenvalue weighted by Gasteiger charge is -2.35. The van der Waals surface area contributed by atoms with Crippen LogP contribution in [0, 0.1) is 5.92 Å². The maximum absolute atomic E-state index is 12.0. The van der Waals surface area contributed by atoms with Crippen molar-refractivity contribution < 1.29 is 14.3 Å². The number of hydrogen-bond acceptors (Lipinski definition) is 6. The highest BCUT2D eigenvalue weighted by Gasteiger charge is 2.41. The summed E-state index contributed by atoms with van der Waals surface area (Å²) in [6, 6.07) is 7.43. The van der Waals surface area contributed by atoms with Crippen LogP contribution in [0.5, 0.6) is 0 Å². The summed E-state index contributed by atoms with van der Waals surface area (Å²) < 4.78 is 11.6. The Bertz CT molecular complexity index is 724. The average molecular weight is 386 g/mol. The van der Waals surface area contributed by atoms with E-state index in [-0.39, 0.29) is 12.1 Å². The van der Waals surface area contributed by atoms with Gasteiger partial charge >= 0.3 is 6.09 Å². The van der Waals surface area contributed by atoms with E-state index in [0.717, 1.165) is 44.3 Å². The van der Waals surface area contributed by atoms with Gasteiger partial charge in [-0.2, -0.15) is 0 Å². The van der Waals surface area contributed by atoms with Crippen LogP contribution in [0.3, 0.4) is 0 Å². The fourth-order valence-corrected chi connectivity index (χ4v) is 4.93. The summed E-state index contributed by atoms with van der Waals surface area (Å²) in [6.45, 7) is 3.77. The van der Waals surface area contributed by atoms with Gasteiger partial charge < -0.3 is 19.7 Å². The monoisotopic (exact) mass is 386 g/mol. The molecule has 0 aromatic heterocycles. The Labute approximate surface area is 166 Å². The van der Waals surface area contributed by atoms with Gasteiger partial charge in [-0.1, -0.05) is 6.07 Å². The molecule has 4 unspecified atom stereocenters. The molecule has 7 heteroatoms. The van der Waals surface area contributed by atoms with E-state index in [9.17, 15) is 4.79 Å². The Hall–Kier alpha value is -1.83. The molecule has 3 N–H and O–H groups in total. The first-order valence-electron chi connectivity index (χ1n) is 10.7. The molecular weight excluding hydrogens is 356 g/mol. The summed E-state index contributed by atoms with van der Waals surface area (Å²) in [4.78, 5) is 14.4. The summed E-state index contributed by atoms with van der Waals surface area (Å²) in [7, 11) is 0. The quantitative estimate of drug-likeness (QED) is 0.687. The molecule has 152 valence electrons. The molecule has 5 rings (SSSR count). The van der Waals surface area contributed by atoms with Gasteiger partial charge in [-0.05, 0) is 61.3 Å². The van der Waals surface area contributed by atoms with Gasteiger partial charge in [0, 0.05) is 38.0 Å². The first kappa shape index (κ1) is 18.2. The second kappa shape index (κ2) is 7.89. The Kier molecular flexibility index (Phi) is 5.13. The lowest BCUT2D eigenvalue weighted by Crippen LogP contribution is -2.37. The van der Waals surface area contributed by atoms with Crippen molar-refractivity contribution in [2.75, 3.05) is 31.1 Å². The van der Waals surface area contributed by atoms with Crippen molar-refractivity contribution in [1.29, 1.82) is 0 Å². The SMILES string of the molecule is O=C1NCCCOC2CCC3NNC(c4cc(cc(N5CCC5)c4)CO1)C3C2. The molecule has 4 aliphatic rings. The molecule has 1 aliphatic carbocycles. The predicted octanol–water partition coefficient (Wildman–Crippen LogP) is 2.23. The van der Waals surface area contributed by atoms with Crippen molar-refractivity contribution in [3.63, 3.8) is 0 Å². The molecule has 1 aromatic rings. The molecule has 1 aromatic carbocycles. The third-order valence-corrected chi connectivity index (χ3v) is 6.60. The van der Waals surface area contributed by atoms with Crippen LogP contribution < -0.4 is 21.1 Å². The highest BCUT2D eigenvalue weighted by atomic mass is 16.5. The molecule has 1 amide bonds. The standard InChI is InChI=1S/C21H30N4O3/c26-21-22-5-1-8-27-17-3-4-19-18(12-17)20(24-23-19)15-9-14(13-28-21)10-16(11-15)25-6-2-7-25/h9-11,17-20,23-24H,1-8,12-13H2,(H,22,26). The van der Waals surface area contributed by atoms with Gasteiger partial charge in [-0.25, -0.2) is 10.2 Å². The molecule has 4 atom stereocenters. The van der Waals surface area contributed by atoms with Crippen molar-refractivity contribution in [3.8, 4) is 0 Å². The fraction of sp³-hybridized carbons (Fsp3) is 0.667. The highest BCUT2D eigenvalue weighted by Crippen LogP contribution is 2.40. The summed E-state index contributed by atoms with van der Waals surface area (Å²) >= 11 is 0. The molecule has 4 bridgehead atoms. The van der Waals surface area contributed by atoms with Crippen molar-refractivity contribution in [2.24, 2.45) is 5.92 Å². The zero-order chi connectivity index (χ0) is 18.9. The molecule has 0 radical (unpaired) electrons. The largest absolute Gasteiger partial charge is 0.445 e. The molecule has 3 fully saturated rings. The summed E-state index contributed by atoms with van der Waals surface area (Å²) in [5, 5.41) is 2.83. The normalized spacial score (nSPS) is 33.1. The van der Waals surface area contributed by atoms with E-state index >= 15 is 0 Å². The minimum absolute atomic E-state index is 0.260. The van der Waals surface area contributed by atoms with Crippen molar-refractivity contribution in [2.45, 2.75) is 56.9 Å². The number of anilines is 1. The van der Waals surface area contributed by atoms with Gasteiger partial charge in [-0.3, -0.25) is 5.43 Å². The Morgan fingerprint density at radius 1 is 1.07 bits per heavy atom. The Balaban J connectivity index is 1.46. The van der Waals surface area contributed by atoms with Crippen LogP contribution in [0.25, 0.3) is 0 Å². The van der Waals surface area contributed by atoms with Crippen LogP contribution >= 0.6 is 0 Å². The van der Waals surface area contributed by atoms with Gasteiger partial charge in [0.05, 0.1) is 12.1 Å². The lowest BCUT2D eigenvalue weighted by atomic mass is 9.78. The molecule has 7 nitrogen and oxygen atoms in total. The number of hydrogen-bond donors (Lipinski definition) is 3. The van der Waals surface area contributed by atoms with Crippen molar-refractivity contribution in [3.05, 3.63) is 29.3 Å². The lowest BCUT2D eigenvalue weighted by molar-refractivity contribution is 0.00716. The van der Waals surface area contributed by atoms with Crippen LogP contribution in [0.1, 0.15) is 49.3 Å². The minimum atomic E-state index is -0.356. The third kappa shape index (κ3) is 3.71. The van der Waals surface area contributed by atoms with E-state index in [4.69, 9.17) is 9.47 Å². The number of carbonyl (C=O) groups is 1. The molecule has 0 spiro atoms. The number of benzene rings is 1. The van der Waals surface area contributed by atoms with Gasteiger partial charge in [0.1, 0.15) is 6.61 Å². The predicted molar refractivity (Wildman–Crippen MR) is 106 cm³/mol. The maximum atomic E-state index is 12.0. The van der Waals surface area contributed by atoms with E-state index in [2.05, 4.69) is 39.3 Å². The number of rotatable bonds is 1. The number of fused-ring (bicyclic) bond motifs is 4. The summed E-state index contributed by atoms with van der Waals surface area (Å²) in [5.41, 5.74) is 10.6. The summed E-state index contributed by atoms with van der Waals surface area (Å²) in [5.74, 6) is 0.518. The van der Waals surface area contributed by atoms with Crippen molar-refractivity contribution >= 4 is 11.8 Å². The number of ether oxygens (including phenoxy) is 2. The van der Waals surface area contributed by atoms with Crippen LogP contribution in [0.2, 0.25) is 0 Å². The Morgan fingerprint density at radius 3 is 2.86 bits per heavy atom. The molecule has 2 saturated heterocycles. The van der Waals surface area contributed by atoms with E-state index in [0.29, 0.717) is 37.8 Å². The van der Waals surface area contributed by atoms with E-state index in [1.807, 2.05) is 0 Å². The molecule has 3 aliphatic heterocycles. The van der Waals surface area contributed by atoms with E-state index in [1.165, 1.54) is 17.7 Å². The number of nitrogens with one attached hydrogen (secondary N) is 3. The number of nitrogens with zero attached hydrogens (tertiary/aromatic N) is 1. The van der Waals surface area contributed by atoms with Crippen LogP contribution in [0.15, 0.2) is 18.2 Å². The van der Waals surface area contributed by atoms with E-state index < -0.39 is 0 Å². The average Bonchev–Trinajstić information content (AvgIpc) is 3.07. The molecule has 28 heavy (non-hydrogen) atoms. The minimum Gasteiger partial charge on any atom is -0.445 e. The number of hydrazine groups is 1. The zero-order valence-corrected chi connectivity index (χ0v) is 16.3. The first-order chi connectivity index (χ1) is 13.8. The van der Waals surface area contributed by atoms with Crippen molar-refractivity contribution in [1.82, 2.24) is 16.2 Å². The van der Waals surface area contributed by atoms with Crippen LogP contribution in [0.4, 0.5) is 10.5 Å². The highest BCUT2D eigenvalue weighted by molar-refractivity contribution is 5.67. The molecule has 1 saturated carbocycles.